The number of aromatic nitrogens is 3. The lowest BCUT2D eigenvalue weighted by molar-refractivity contribution is -0.131. The molecule has 7 nitrogen and oxygen atoms in total. The number of anilines is 1. The number of nitrogens with zero attached hydrogens (tertiary/aromatic N) is 3. The van der Waals surface area contributed by atoms with E-state index in [4.69, 9.17) is 5.11 Å². The quantitative estimate of drug-likeness (QED) is 0.718. The van der Waals surface area contributed by atoms with E-state index in [-0.39, 0.29) is 0 Å². The first-order valence-electron chi connectivity index (χ1n) is 6.76. The molecule has 0 aliphatic carbocycles. The number of amides is 1. The van der Waals surface area contributed by atoms with Crippen LogP contribution in [0, 0.1) is 0 Å². The molecule has 0 radical (unpaired) electrons. The summed E-state index contributed by atoms with van der Waals surface area (Å²) in [5, 5.41) is 19.8. The molecule has 7 heteroatoms. The van der Waals surface area contributed by atoms with Gasteiger partial charge in [-0.15, -0.1) is 10.2 Å². The van der Waals surface area contributed by atoms with Crippen molar-refractivity contribution in [1.29, 1.82) is 0 Å². The second kappa shape index (κ2) is 6.10. The molecule has 0 spiro atoms. The highest BCUT2D eigenvalue weighted by atomic mass is 16.4. The van der Waals surface area contributed by atoms with E-state index in [0.717, 1.165) is 17.8 Å². The monoisotopic (exact) mass is 308 g/mol. The van der Waals surface area contributed by atoms with Crippen molar-refractivity contribution < 1.29 is 14.7 Å². The Morgan fingerprint density at radius 3 is 2.48 bits per heavy atom. The number of hydrogen-bond donors (Lipinski definition) is 2. The van der Waals surface area contributed by atoms with E-state index in [1.807, 2.05) is 30.3 Å². The number of carboxylic acids is 1. The number of nitrogens with one attached hydrogen (secondary N) is 1. The molecule has 1 amide bonds. The highest BCUT2D eigenvalue weighted by molar-refractivity contribution is 6.03. The fraction of sp³-hybridized carbons (Fsp3) is 0. The van der Waals surface area contributed by atoms with Crippen molar-refractivity contribution in [3.05, 3.63) is 60.7 Å². The van der Waals surface area contributed by atoms with Crippen LogP contribution >= 0.6 is 0 Å². The molecule has 3 aromatic rings. The normalized spacial score (nSPS) is 11.0. The zero-order chi connectivity index (χ0) is 16.2. The lowest BCUT2D eigenvalue weighted by Crippen LogP contribution is -2.08. The number of carbonyl (C=O) groups is 2. The molecule has 1 heterocycles. The van der Waals surface area contributed by atoms with Crippen LogP contribution in [0.5, 0.6) is 0 Å². The molecule has 0 aliphatic rings. The molecule has 2 N–H and O–H groups in total. The number of benzene rings is 2. The van der Waals surface area contributed by atoms with Gasteiger partial charge in [0.05, 0.1) is 5.69 Å². The summed E-state index contributed by atoms with van der Waals surface area (Å²) in [6.07, 6.45) is 1.73. The molecule has 0 fully saturated rings. The van der Waals surface area contributed by atoms with E-state index in [1.165, 1.54) is 4.80 Å². The number of para-hydroxylation sites is 1. The minimum Gasteiger partial charge on any atom is -0.478 e. The number of carboxylic acid groups (broad SMARTS) is 1. The fourth-order valence-corrected chi connectivity index (χ4v) is 2.00. The van der Waals surface area contributed by atoms with Gasteiger partial charge in [0.25, 0.3) is 0 Å². The lowest BCUT2D eigenvalue weighted by atomic mass is 10.2. The van der Waals surface area contributed by atoms with Crippen molar-refractivity contribution in [3.8, 4) is 5.69 Å². The van der Waals surface area contributed by atoms with Gasteiger partial charge in [-0.3, -0.25) is 4.79 Å². The Balaban J connectivity index is 1.85. The van der Waals surface area contributed by atoms with E-state index in [0.29, 0.717) is 16.7 Å². The molecule has 0 saturated heterocycles. The van der Waals surface area contributed by atoms with E-state index >= 15 is 0 Å². The molecular weight excluding hydrogens is 296 g/mol. The van der Waals surface area contributed by atoms with Gasteiger partial charge in [-0.2, -0.15) is 4.80 Å². The Labute approximate surface area is 130 Å². The van der Waals surface area contributed by atoms with Gasteiger partial charge < -0.3 is 10.4 Å². The average Bonchev–Trinajstić information content (AvgIpc) is 2.97. The molecule has 23 heavy (non-hydrogen) atoms. The summed E-state index contributed by atoms with van der Waals surface area (Å²) in [5.41, 5.74) is 2.65. The predicted octanol–water partition coefficient (Wildman–Crippen LogP) is 2.00. The van der Waals surface area contributed by atoms with Gasteiger partial charge in [-0.25, -0.2) is 4.79 Å². The van der Waals surface area contributed by atoms with E-state index < -0.39 is 11.9 Å². The first kappa shape index (κ1) is 14.5. The van der Waals surface area contributed by atoms with Crippen LogP contribution < -0.4 is 5.32 Å². The van der Waals surface area contributed by atoms with E-state index in [9.17, 15) is 9.59 Å². The van der Waals surface area contributed by atoms with Gasteiger partial charge in [0.1, 0.15) is 11.0 Å². The van der Waals surface area contributed by atoms with Gasteiger partial charge in [-0.05, 0) is 30.3 Å². The Morgan fingerprint density at radius 1 is 1.00 bits per heavy atom. The first-order chi connectivity index (χ1) is 11.1. The van der Waals surface area contributed by atoms with Crippen LogP contribution in [0.1, 0.15) is 0 Å². The highest BCUT2D eigenvalue weighted by Crippen LogP contribution is 2.17. The highest BCUT2D eigenvalue weighted by Gasteiger charge is 2.06. The summed E-state index contributed by atoms with van der Waals surface area (Å²) in [5.74, 6) is -1.70. The summed E-state index contributed by atoms with van der Waals surface area (Å²) >= 11 is 0. The molecule has 0 unspecified atom stereocenters. The third-order valence-corrected chi connectivity index (χ3v) is 3.01. The van der Waals surface area contributed by atoms with Crippen LogP contribution in [0.3, 0.4) is 0 Å². The number of aliphatic carboxylic acids is 1. The fourth-order valence-electron chi connectivity index (χ4n) is 2.00. The molecule has 0 saturated carbocycles. The van der Waals surface area contributed by atoms with Gasteiger partial charge in [0, 0.05) is 17.8 Å². The minimum atomic E-state index is -1.18. The third kappa shape index (κ3) is 3.41. The number of fused-ring (bicyclic) bond motifs is 1. The standard InChI is InChI=1S/C16H12N4O3/c21-15(8-9-16(22)23)17-11-6-7-13-14(10-11)19-20(18-13)12-4-2-1-3-5-12/h1-10H,(H,17,21)(H,22,23)/b9-8+. The summed E-state index contributed by atoms with van der Waals surface area (Å²) in [6, 6.07) is 14.6. The topological polar surface area (TPSA) is 97.1 Å². The first-order valence-corrected chi connectivity index (χ1v) is 6.76. The van der Waals surface area contributed by atoms with Gasteiger partial charge in [0.2, 0.25) is 5.91 Å². The molecule has 0 bridgehead atoms. The second-order valence-electron chi connectivity index (χ2n) is 4.69. The zero-order valence-corrected chi connectivity index (χ0v) is 11.9. The Hall–Kier alpha value is -3.48. The average molecular weight is 308 g/mol. The summed E-state index contributed by atoms with van der Waals surface area (Å²) in [4.78, 5) is 23.5. The van der Waals surface area contributed by atoms with E-state index in [1.54, 1.807) is 18.2 Å². The molecule has 1 aromatic heterocycles. The molecular formula is C16H12N4O3. The van der Waals surface area contributed by atoms with Crippen molar-refractivity contribution in [3.63, 3.8) is 0 Å². The Bertz CT molecular complexity index is 900. The third-order valence-electron chi connectivity index (χ3n) is 3.01. The largest absolute Gasteiger partial charge is 0.478 e. The maximum atomic E-state index is 11.6. The summed E-state index contributed by atoms with van der Waals surface area (Å²) < 4.78 is 0. The molecule has 114 valence electrons. The molecule has 0 aliphatic heterocycles. The van der Waals surface area contributed by atoms with Crippen LogP contribution in [-0.4, -0.2) is 32.0 Å². The van der Waals surface area contributed by atoms with Crippen molar-refractivity contribution in [1.82, 2.24) is 15.0 Å². The Kier molecular flexibility index (Phi) is 3.84. The summed E-state index contributed by atoms with van der Waals surface area (Å²) in [6.45, 7) is 0. The molecule has 2 aromatic carbocycles. The minimum absolute atomic E-state index is 0.512. The van der Waals surface area contributed by atoms with Gasteiger partial charge in [0.15, 0.2) is 0 Å². The zero-order valence-electron chi connectivity index (χ0n) is 11.9. The van der Waals surface area contributed by atoms with Crippen LogP contribution in [-0.2, 0) is 9.59 Å². The van der Waals surface area contributed by atoms with Crippen molar-refractivity contribution >= 4 is 28.6 Å². The number of rotatable bonds is 4. The van der Waals surface area contributed by atoms with Crippen molar-refractivity contribution in [2.24, 2.45) is 0 Å². The SMILES string of the molecule is O=C(O)/C=C/C(=O)Nc1ccc2nn(-c3ccccc3)nc2c1. The number of carbonyl (C=O) groups excluding carboxylic acids is 1. The lowest BCUT2D eigenvalue weighted by Gasteiger charge is -2.00. The number of hydrogen-bond acceptors (Lipinski definition) is 4. The molecule has 3 rings (SSSR count). The predicted molar refractivity (Wildman–Crippen MR) is 84.3 cm³/mol. The van der Waals surface area contributed by atoms with Crippen LogP contribution in [0.4, 0.5) is 5.69 Å². The van der Waals surface area contributed by atoms with Crippen LogP contribution in [0.25, 0.3) is 16.7 Å². The maximum absolute atomic E-state index is 11.6. The van der Waals surface area contributed by atoms with Crippen LogP contribution in [0.15, 0.2) is 60.7 Å². The molecule has 0 atom stereocenters. The van der Waals surface area contributed by atoms with Gasteiger partial charge in [-0.1, -0.05) is 18.2 Å². The summed E-state index contributed by atoms with van der Waals surface area (Å²) in [7, 11) is 0. The van der Waals surface area contributed by atoms with Crippen LogP contribution in [0.2, 0.25) is 0 Å². The smallest absolute Gasteiger partial charge is 0.328 e. The maximum Gasteiger partial charge on any atom is 0.328 e. The van der Waals surface area contributed by atoms with Gasteiger partial charge >= 0.3 is 5.97 Å². The van der Waals surface area contributed by atoms with Crippen molar-refractivity contribution in [2.75, 3.05) is 5.32 Å². The second-order valence-corrected chi connectivity index (χ2v) is 4.69. The van der Waals surface area contributed by atoms with E-state index in [2.05, 4.69) is 15.5 Å². The van der Waals surface area contributed by atoms with Crippen molar-refractivity contribution in [2.45, 2.75) is 0 Å². The Morgan fingerprint density at radius 2 is 1.74 bits per heavy atom.